The van der Waals surface area contributed by atoms with Crippen LogP contribution in [0.25, 0.3) is 0 Å². The first-order valence-electron chi connectivity index (χ1n) is 7.07. The van der Waals surface area contributed by atoms with Crippen LogP contribution in [0.4, 0.5) is 13.6 Å². The van der Waals surface area contributed by atoms with Crippen LogP contribution in [0, 0.1) is 11.6 Å². The highest BCUT2D eigenvalue weighted by Gasteiger charge is 2.35. The Bertz CT molecular complexity index is 911. The second-order valence-corrected chi connectivity index (χ2v) is 7.32. The molecule has 0 aliphatic carbocycles. The highest BCUT2D eigenvalue weighted by molar-refractivity contribution is 7.89. The number of sulfonamides is 1. The summed E-state index contributed by atoms with van der Waals surface area (Å²) in [6.45, 7) is 0.539. The van der Waals surface area contributed by atoms with Crippen molar-refractivity contribution in [2.45, 2.75) is 4.90 Å². The van der Waals surface area contributed by atoms with E-state index in [-0.39, 0.29) is 26.2 Å². The van der Waals surface area contributed by atoms with Gasteiger partial charge in [0.2, 0.25) is 10.0 Å². The van der Waals surface area contributed by atoms with Gasteiger partial charge in [-0.3, -0.25) is 4.79 Å². The number of halogens is 2. The number of carboxylic acid groups (broad SMARTS) is 1. The molecule has 8 nitrogen and oxygen atoms in total. The summed E-state index contributed by atoms with van der Waals surface area (Å²) in [6, 6.07) is 1.61. The van der Waals surface area contributed by atoms with Gasteiger partial charge in [-0.2, -0.15) is 0 Å². The molecule has 11 heteroatoms. The Labute approximate surface area is 141 Å². The number of primary sulfonamides is 1. The van der Waals surface area contributed by atoms with E-state index >= 15 is 0 Å². The molecular weight excluding hydrogens is 360 g/mol. The predicted octanol–water partition coefficient (Wildman–Crippen LogP) is 0.358. The molecule has 2 amide bonds. The van der Waals surface area contributed by atoms with Crippen LogP contribution in [0.1, 0.15) is 10.4 Å². The van der Waals surface area contributed by atoms with Crippen molar-refractivity contribution in [1.82, 2.24) is 9.80 Å². The molecule has 2 heterocycles. The zero-order valence-corrected chi connectivity index (χ0v) is 13.5. The van der Waals surface area contributed by atoms with Crippen LogP contribution in [0.3, 0.4) is 0 Å². The van der Waals surface area contributed by atoms with Crippen molar-refractivity contribution in [3.8, 4) is 0 Å². The average Bonchev–Trinajstić information content (AvgIpc) is 3.06. The number of amides is 2. The molecule has 1 aromatic rings. The third-order valence-corrected chi connectivity index (χ3v) is 5.10. The summed E-state index contributed by atoms with van der Waals surface area (Å²) in [4.78, 5) is 24.8. The topological polar surface area (TPSA) is 121 Å². The van der Waals surface area contributed by atoms with Crippen molar-refractivity contribution in [1.29, 1.82) is 0 Å². The fourth-order valence-electron chi connectivity index (χ4n) is 2.95. The Morgan fingerprint density at radius 1 is 1.00 bits per heavy atom. The first kappa shape index (κ1) is 17.3. The maximum Gasteiger partial charge on any atom is 0.407 e. The molecule has 0 saturated carbocycles. The SMILES string of the molecule is NS(=O)(=O)c1ccc(C(=O)N2CC3=C(CN(C(=O)O)C3)C2)c(F)c1F. The summed E-state index contributed by atoms with van der Waals surface area (Å²) < 4.78 is 50.4. The summed E-state index contributed by atoms with van der Waals surface area (Å²) in [5.74, 6) is -4.10. The first-order chi connectivity index (χ1) is 11.6. The Hall–Kier alpha value is -2.53. The van der Waals surface area contributed by atoms with E-state index in [1.807, 2.05) is 0 Å². The van der Waals surface area contributed by atoms with Gasteiger partial charge in [-0.1, -0.05) is 0 Å². The monoisotopic (exact) mass is 373 g/mol. The standard InChI is InChI=1S/C14H13F2N3O5S/c15-11-9(1-2-10(12(11)16)25(17,23)24)13(20)18-3-7-5-19(14(21)22)6-8(7)4-18/h1-2H,3-6H2,(H,21,22)(H2,17,23,24). The minimum absolute atomic E-state index is 0.107. The highest BCUT2D eigenvalue weighted by Crippen LogP contribution is 2.28. The van der Waals surface area contributed by atoms with Gasteiger partial charge in [-0.15, -0.1) is 0 Å². The lowest BCUT2D eigenvalue weighted by Crippen LogP contribution is -2.36. The van der Waals surface area contributed by atoms with Crippen molar-refractivity contribution >= 4 is 22.0 Å². The van der Waals surface area contributed by atoms with Crippen molar-refractivity contribution in [3.63, 3.8) is 0 Å². The molecule has 1 aromatic carbocycles. The quantitative estimate of drug-likeness (QED) is 0.725. The Morgan fingerprint density at radius 2 is 1.52 bits per heavy atom. The van der Waals surface area contributed by atoms with Crippen molar-refractivity contribution in [3.05, 3.63) is 40.5 Å². The largest absolute Gasteiger partial charge is 0.465 e. The molecule has 2 aliphatic heterocycles. The maximum absolute atomic E-state index is 14.1. The van der Waals surface area contributed by atoms with E-state index < -0.39 is 44.1 Å². The van der Waals surface area contributed by atoms with Gasteiger partial charge in [0.05, 0.1) is 5.56 Å². The minimum atomic E-state index is -4.45. The van der Waals surface area contributed by atoms with Gasteiger partial charge < -0.3 is 14.9 Å². The Balaban J connectivity index is 1.80. The van der Waals surface area contributed by atoms with Crippen LogP contribution < -0.4 is 5.14 Å². The summed E-state index contributed by atoms with van der Waals surface area (Å²) in [6.07, 6.45) is -1.07. The van der Waals surface area contributed by atoms with E-state index in [1.54, 1.807) is 0 Å². The fraction of sp³-hybridized carbons (Fsp3) is 0.286. The van der Waals surface area contributed by atoms with Crippen molar-refractivity contribution < 1.29 is 31.9 Å². The van der Waals surface area contributed by atoms with Gasteiger partial charge in [0.1, 0.15) is 4.90 Å². The molecule has 0 bridgehead atoms. The van der Waals surface area contributed by atoms with Crippen molar-refractivity contribution in [2.75, 3.05) is 26.2 Å². The predicted molar refractivity (Wildman–Crippen MR) is 80.3 cm³/mol. The number of benzene rings is 1. The number of rotatable bonds is 2. The third kappa shape index (κ3) is 2.96. The van der Waals surface area contributed by atoms with Gasteiger partial charge >= 0.3 is 6.09 Å². The molecule has 0 atom stereocenters. The summed E-state index contributed by atoms with van der Waals surface area (Å²) in [5.41, 5.74) is 0.886. The molecule has 134 valence electrons. The van der Waals surface area contributed by atoms with E-state index in [0.717, 1.165) is 23.3 Å². The van der Waals surface area contributed by atoms with Gasteiger partial charge in [-0.25, -0.2) is 27.1 Å². The second kappa shape index (κ2) is 5.77. The first-order valence-corrected chi connectivity index (χ1v) is 8.62. The Kier molecular flexibility index (Phi) is 4.00. The number of carbonyl (C=O) groups excluding carboxylic acids is 1. The number of carbonyl (C=O) groups is 2. The number of hydrogen-bond acceptors (Lipinski definition) is 4. The molecule has 0 fully saturated rings. The van der Waals surface area contributed by atoms with Crippen LogP contribution in [0.15, 0.2) is 28.2 Å². The smallest absolute Gasteiger partial charge is 0.407 e. The van der Waals surface area contributed by atoms with Crippen LogP contribution in [-0.2, 0) is 10.0 Å². The molecule has 3 N–H and O–H groups in total. The third-order valence-electron chi connectivity index (χ3n) is 4.17. The van der Waals surface area contributed by atoms with E-state index in [2.05, 4.69) is 0 Å². The van der Waals surface area contributed by atoms with Crippen LogP contribution >= 0.6 is 0 Å². The van der Waals surface area contributed by atoms with Crippen molar-refractivity contribution in [2.24, 2.45) is 5.14 Å². The highest BCUT2D eigenvalue weighted by atomic mass is 32.2. The molecule has 0 radical (unpaired) electrons. The summed E-state index contributed by atoms with van der Waals surface area (Å²) >= 11 is 0. The van der Waals surface area contributed by atoms with Crippen LogP contribution in [-0.4, -0.2) is 61.5 Å². The van der Waals surface area contributed by atoms with Crippen LogP contribution in [0.5, 0.6) is 0 Å². The van der Waals surface area contributed by atoms with Crippen LogP contribution in [0.2, 0.25) is 0 Å². The molecule has 0 saturated heterocycles. The second-order valence-electron chi connectivity index (χ2n) is 5.79. The van der Waals surface area contributed by atoms with E-state index in [1.165, 1.54) is 9.80 Å². The zero-order chi connectivity index (χ0) is 18.5. The van der Waals surface area contributed by atoms with E-state index in [4.69, 9.17) is 10.2 Å². The number of hydrogen-bond donors (Lipinski definition) is 2. The number of nitrogens with zero attached hydrogens (tertiary/aromatic N) is 2. The molecular formula is C14H13F2N3O5S. The molecule has 0 unspecified atom stereocenters. The molecule has 3 rings (SSSR count). The maximum atomic E-state index is 14.1. The number of nitrogens with two attached hydrogens (primary N) is 1. The lowest BCUT2D eigenvalue weighted by molar-refractivity contribution is 0.0784. The molecule has 25 heavy (non-hydrogen) atoms. The Morgan fingerprint density at radius 3 is 2.00 bits per heavy atom. The molecule has 0 aromatic heterocycles. The fourth-order valence-corrected chi connectivity index (χ4v) is 3.54. The molecule has 0 spiro atoms. The van der Waals surface area contributed by atoms with Gasteiger partial charge in [-0.05, 0) is 23.3 Å². The minimum Gasteiger partial charge on any atom is -0.465 e. The molecule has 2 aliphatic rings. The normalized spacial score (nSPS) is 17.2. The summed E-state index contributed by atoms with van der Waals surface area (Å²) in [7, 11) is -4.45. The lowest BCUT2D eigenvalue weighted by atomic mass is 10.1. The van der Waals surface area contributed by atoms with Gasteiger partial charge in [0, 0.05) is 26.2 Å². The average molecular weight is 373 g/mol. The van der Waals surface area contributed by atoms with Gasteiger partial charge in [0.25, 0.3) is 5.91 Å². The lowest BCUT2D eigenvalue weighted by Gasteiger charge is -2.21. The summed E-state index contributed by atoms with van der Waals surface area (Å²) in [5, 5.41) is 13.7. The van der Waals surface area contributed by atoms with Gasteiger partial charge in [0.15, 0.2) is 11.6 Å². The zero-order valence-electron chi connectivity index (χ0n) is 12.7. The van der Waals surface area contributed by atoms with E-state index in [9.17, 15) is 26.8 Å². The van der Waals surface area contributed by atoms with E-state index in [0.29, 0.717) is 0 Å².